The summed E-state index contributed by atoms with van der Waals surface area (Å²) in [4.78, 5) is 19.2. The van der Waals surface area contributed by atoms with E-state index in [-0.39, 0.29) is 6.42 Å². The van der Waals surface area contributed by atoms with Gasteiger partial charge in [0.15, 0.2) is 0 Å². The molecule has 1 aromatic rings. The van der Waals surface area contributed by atoms with Crippen molar-refractivity contribution in [2.75, 3.05) is 19.5 Å². The first-order valence-electron chi connectivity index (χ1n) is 6.04. The highest BCUT2D eigenvalue weighted by Gasteiger charge is 2.39. The van der Waals surface area contributed by atoms with Crippen LogP contribution in [0.4, 0.5) is 5.95 Å². The lowest BCUT2D eigenvalue weighted by Crippen LogP contribution is -2.47. The molecule has 1 heterocycles. The normalized spacial score (nSPS) is 16.3. The van der Waals surface area contributed by atoms with Crippen LogP contribution >= 0.6 is 0 Å². The van der Waals surface area contributed by atoms with Crippen molar-refractivity contribution in [2.45, 2.75) is 31.2 Å². The fourth-order valence-electron chi connectivity index (χ4n) is 2.15. The summed E-state index contributed by atoms with van der Waals surface area (Å²) in [6.45, 7) is 0. The highest BCUT2D eigenvalue weighted by molar-refractivity contribution is 5.69. The van der Waals surface area contributed by atoms with Gasteiger partial charge in [-0.25, -0.2) is 0 Å². The third-order valence-electron chi connectivity index (χ3n) is 3.27. The zero-order valence-electron chi connectivity index (χ0n) is 11.0. The van der Waals surface area contributed by atoms with E-state index in [4.69, 9.17) is 14.6 Å². The van der Waals surface area contributed by atoms with Crippen LogP contribution in [0.25, 0.3) is 0 Å². The number of ether oxygens (including phenoxy) is 2. The summed E-state index contributed by atoms with van der Waals surface area (Å²) in [5, 5.41) is 12.1. The standard InChI is InChI=1S/C12H17N3O4/c1-18-8-6-9(19-2)14-11(13-8)15-12(4-3-5-12)7-10(16)17/h6H,3-5,7H2,1-2H3,(H,16,17)(H,13,14,15). The molecule has 2 rings (SSSR count). The van der Waals surface area contributed by atoms with Gasteiger partial charge in [-0.05, 0) is 19.3 Å². The second-order valence-electron chi connectivity index (χ2n) is 4.61. The number of rotatable bonds is 6. The summed E-state index contributed by atoms with van der Waals surface area (Å²) in [6.07, 6.45) is 2.64. The van der Waals surface area contributed by atoms with Gasteiger partial charge in [0.25, 0.3) is 0 Å². The summed E-state index contributed by atoms with van der Waals surface area (Å²) in [7, 11) is 3.00. The van der Waals surface area contributed by atoms with Crippen LogP contribution in [-0.4, -0.2) is 40.8 Å². The third kappa shape index (κ3) is 3.04. The Kier molecular flexibility index (Phi) is 3.73. The largest absolute Gasteiger partial charge is 0.481 e. The highest BCUT2D eigenvalue weighted by Crippen LogP contribution is 2.38. The van der Waals surface area contributed by atoms with E-state index in [0.29, 0.717) is 17.7 Å². The van der Waals surface area contributed by atoms with Crippen molar-refractivity contribution < 1.29 is 19.4 Å². The van der Waals surface area contributed by atoms with Crippen LogP contribution in [0, 0.1) is 0 Å². The first kappa shape index (κ1) is 13.4. The Morgan fingerprint density at radius 2 is 1.95 bits per heavy atom. The third-order valence-corrected chi connectivity index (χ3v) is 3.27. The highest BCUT2D eigenvalue weighted by atomic mass is 16.5. The van der Waals surface area contributed by atoms with E-state index in [9.17, 15) is 4.79 Å². The molecular weight excluding hydrogens is 250 g/mol. The maximum absolute atomic E-state index is 10.9. The van der Waals surface area contributed by atoms with Crippen molar-refractivity contribution in [1.82, 2.24) is 9.97 Å². The minimum Gasteiger partial charge on any atom is -0.481 e. The number of hydrogen-bond acceptors (Lipinski definition) is 6. The number of nitrogens with one attached hydrogen (secondary N) is 1. The molecule has 7 heteroatoms. The summed E-state index contributed by atoms with van der Waals surface area (Å²) < 4.78 is 10.1. The molecule has 1 aromatic heterocycles. The topological polar surface area (TPSA) is 93.6 Å². The zero-order valence-corrected chi connectivity index (χ0v) is 11.0. The lowest BCUT2D eigenvalue weighted by atomic mass is 9.74. The SMILES string of the molecule is COc1cc(OC)nc(NC2(CC(=O)O)CCC2)n1. The average molecular weight is 267 g/mol. The number of aromatic nitrogens is 2. The van der Waals surface area contributed by atoms with Crippen LogP contribution in [0.1, 0.15) is 25.7 Å². The summed E-state index contributed by atoms with van der Waals surface area (Å²) in [5.41, 5.74) is -0.455. The van der Waals surface area contributed by atoms with Gasteiger partial charge in [0.05, 0.1) is 32.2 Å². The van der Waals surface area contributed by atoms with Gasteiger partial charge in [-0.2, -0.15) is 9.97 Å². The lowest BCUT2D eigenvalue weighted by Gasteiger charge is -2.41. The van der Waals surface area contributed by atoms with Crippen molar-refractivity contribution in [3.05, 3.63) is 6.07 Å². The Hall–Kier alpha value is -2.05. The van der Waals surface area contributed by atoms with Gasteiger partial charge in [0.2, 0.25) is 17.7 Å². The summed E-state index contributed by atoms with van der Waals surface area (Å²) in [6, 6.07) is 1.57. The predicted molar refractivity (Wildman–Crippen MR) is 67.6 cm³/mol. The molecule has 0 aromatic carbocycles. The summed E-state index contributed by atoms with van der Waals surface area (Å²) >= 11 is 0. The predicted octanol–water partition coefficient (Wildman–Crippen LogP) is 1.30. The van der Waals surface area contributed by atoms with E-state index in [1.54, 1.807) is 6.07 Å². The molecule has 0 bridgehead atoms. The number of hydrogen-bond donors (Lipinski definition) is 2. The van der Waals surface area contributed by atoms with Crippen LogP contribution in [0.2, 0.25) is 0 Å². The van der Waals surface area contributed by atoms with Crippen molar-refractivity contribution >= 4 is 11.9 Å². The van der Waals surface area contributed by atoms with Gasteiger partial charge in [0.1, 0.15) is 0 Å². The average Bonchev–Trinajstić information content (AvgIpc) is 2.35. The quantitative estimate of drug-likeness (QED) is 0.802. The van der Waals surface area contributed by atoms with E-state index in [2.05, 4.69) is 15.3 Å². The Labute approximate surface area is 111 Å². The molecule has 104 valence electrons. The van der Waals surface area contributed by atoms with Crippen molar-refractivity contribution in [1.29, 1.82) is 0 Å². The van der Waals surface area contributed by atoms with Gasteiger partial charge in [-0.1, -0.05) is 0 Å². The molecule has 0 saturated heterocycles. The Morgan fingerprint density at radius 3 is 2.32 bits per heavy atom. The number of nitrogens with zero attached hydrogens (tertiary/aromatic N) is 2. The van der Waals surface area contributed by atoms with Crippen molar-refractivity contribution in [3.8, 4) is 11.8 Å². The molecule has 1 aliphatic carbocycles. The maximum Gasteiger partial charge on any atom is 0.305 e. The monoisotopic (exact) mass is 267 g/mol. The van der Waals surface area contributed by atoms with E-state index < -0.39 is 11.5 Å². The minimum atomic E-state index is -0.831. The second kappa shape index (κ2) is 5.29. The fraction of sp³-hybridized carbons (Fsp3) is 0.583. The Balaban J connectivity index is 2.19. The van der Waals surface area contributed by atoms with E-state index in [1.165, 1.54) is 14.2 Å². The molecule has 0 atom stereocenters. The minimum absolute atomic E-state index is 0.0515. The van der Waals surface area contributed by atoms with Gasteiger partial charge in [-0.15, -0.1) is 0 Å². The summed E-state index contributed by atoms with van der Waals surface area (Å²) in [5.74, 6) is 0.248. The smallest absolute Gasteiger partial charge is 0.305 e. The van der Waals surface area contributed by atoms with Crippen LogP contribution in [0.15, 0.2) is 6.07 Å². The van der Waals surface area contributed by atoms with E-state index in [1.807, 2.05) is 0 Å². The van der Waals surface area contributed by atoms with Gasteiger partial charge in [-0.3, -0.25) is 4.79 Å². The molecule has 0 aliphatic heterocycles. The molecule has 1 fully saturated rings. The Morgan fingerprint density at radius 1 is 1.37 bits per heavy atom. The van der Waals surface area contributed by atoms with Gasteiger partial charge >= 0.3 is 5.97 Å². The number of carbonyl (C=O) groups is 1. The first-order valence-corrected chi connectivity index (χ1v) is 6.04. The van der Waals surface area contributed by atoms with Crippen LogP contribution in [0.3, 0.4) is 0 Å². The molecule has 0 radical (unpaired) electrons. The molecule has 0 unspecified atom stereocenters. The van der Waals surface area contributed by atoms with Crippen molar-refractivity contribution in [3.63, 3.8) is 0 Å². The van der Waals surface area contributed by atoms with Gasteiger partial charge in [0, 0.05) is 0 Å². The molecule has 1 saturated carbocycles. The molecule has 7 nitrogen and oxygen atoms in total. The fourth-order valence-corrected chi connectivity index (χ4v) is 2.15. The van der Waals surface area contributed by atoms with Crippen molar-refractivity contribution in [2.24, 2.45) is 0 Å². The first-order chi connectivity index (χ1) is 9.07. The molecular formula is C12H17N3O4. The number of carboxylic acids is 1. The van der Waals surface area contributed by atoms with Crippen LogP contribution in [-0.2, 0) is 4.79 Å². The lowest BCUT2D eigenvalue weighted by molar-refractivity contribution is -0.138. The number of methoxy groups -OCH3 is 2. The zero-order chi connectivity index (χ0) is 13.9. The molecule has 0 amide bonds. The van der Waals surface area contributed by atoms with Crippen LogP contribution < -0.4 is 14.8 Å². The number of carboxylic acid groups (broad SMARTS) is 1. The van der Waals surface area contributed by atoms with E-state index >= 15 is 0 Å². The van der Waals surface area contributed by atoms with Gasteiger partial charge < -0.3 is 19.9 Å². The number of aliphatic carboxylic acids is 1. The van der Waals surface area contributed by atoms with Crippen LogP contribution in [0.5, 0.6) is 11.8 Å². The molecule has 1 aliphatic rings. The number of anilines is 1. The molecule has 19 heavy (non-hydrogen) atoms. The Bertz CT molecular complexity index is 452. The molecule has 2 N–H and O–H groups in total. The van der Waals surface area contributed by atoms with E-state index in [0.717, 1.165) is 19.3 Å². The maximum atomic E-state index is 10.9. The second-order valence-corrected chi connectivity index (χ2v) is 4.61. The molecule has 0 spiro atoms.